The van der Waals surface area contributed by atoms with E-state index in [0.29, 0.717) is 12.0 Å². The van der Waals surface area contributed by atoms with E-state index in [1.165, 1.54) is 24.3 Å². The number of halogens is 1. The van der Waals surface area contributed by atoms with Gasteiger partial charge in [-0.3, -0.25) is 8.74 Å². The van der Waals surface area contributed by atoms with Crippen molar-refractivity contribution in [2.75, 3.05) is 0 Å². The van der Waals surface area contributed by atoms with Crippen LogP contribution in [0, 0.1) is 5.82 Å². The van der Waals surface area contributed by atoms with Crippen molar-refractivity contribution >= 4 is 11.4 Å². The monoisotopic (exact) mass is 218 g/mol. The molecule has 2 unspecified atom stereocenters. The second kappa shape index (κ2) is 5.19. The van der Waals surface area contributed by atoms with E-state index in [9.17, 15) is 8.60 Å². The third-order valence-corrected chi connectivity index (χ3v) is 2.21. The second-order valence-electron chi connectivity index (χ2n) is 2.76. The molecule has 1 N–H and O–H groups in total. The standard InChI is InChI=1S/C9H11FO3S/c1-2-9(13-14(11)12)7-3-5-8(10)6-4-7/h3-6,9H,2H2,1H3,(H,11,12). The number of hydrogen-bond donors (Lipinski definition) is 1. The van der Waals surface area contributed by atoms with Crippen LogP contribution in [0.15, 0.2) is 24.3 Å². The third-order valence-electron chi connectivity index (χ3n) is 1.81. The Morgan fingerprint density at radius 3 is 2.50 bits per heavy atom. The summed E-state index contributed by atoms with van der Waals surface area (Å²) in [5, 5.41) is 0. The normalized spacial score (nSPS) is 15.1. The lowest BCUT2D eigenvalue weighted by atomic mass is 10.1. The lowest BCUT2D eigenvalue weighted by molar-refractivity contribution is 0.203. The van der Waals surface area contributed by atoms with E-state index < -0.39 is 17.5 Å². The van der Waals surface area contributed by atoms with Crippen molar-refractivity contribution in [3.05, 3.63) is 35.6 Å². The fourth-order valence-electron chi connectivity index (χ4n) is 1.14. The van der Waals surface area contributed by atoms with Crippen LogP contribution in [-0.2, 0) is 15.5 Å². The molecule has 1 rings (SSSR count). The minimum Gasteiger partial charge on any atom is -0.284 e. The van der Waals surface area contributed by atoms with E-state index in [1.807, 2.05) is 6.92 Å². The van der Waals surface area contributed by atoms with E-state index >= 15 is 0 Å². The summed E-state index contributed by atoms with van der Waals surface area (Å²) in [6.45, 7) is 1.82. The van der Waals surface area contributed by atoms with Gasteiger partial charge in [-0.05, 0) is 24.1 Å². The summed E-state index contributed by atoms with van der Waals surface area (Å²) >= 11 is -2.30. The molecule has 0 spiro atoms. The van der Waals surface area contributed by atoms with Gasteiger partial charge < -0.3 is 0 Å². The van der Waals surface area contributed by atoms with Crippen molar-refractivity contribution in [2.45, 2.75) is 19.4 Å². The van der Waals surface area contributed by atoms with Crippen molar-refractivity contribution in [1.82, 2.24) is 0 Å². The largest absolute Gasteiger partial charge is 0.302 e. The van der Waals surface area contributed by atoms with Gasteiger partial charge in [0.05, 0.1) is 0 Å². The maximum atomic E-state index is 12.6. The Bertz CT molecular complexity index is 312. The Balaban J connectivity index is 2.78. The van der Waals surface area contributed by atoms with Gasteiger partial charge in [-0.2, -0.15) is 4.21 Å². The molecular weight excluding hydrogens is 207 g/mol. The maximum absolute atomic E-state index is 12.6. The van der Waals surface area contributed by atoms with E-state index in [-0.39, 0.29) is 5.82 Å². The summed E-state index contributed by atoms with van der Waals surface area (Å²) in [5.74, 6) is -0.339. The van der Waals surface area contributed by atoms with E-state index in [4.69, 9.17) is 8.74 Å². The van der Waals surface area contributed by atoms with Crippen LogP contribution in [0.3, 0.4) is 0 Å². The second-order valence-corrected chi connectivity index (χ2v) is 3.39. The molecule has 0 amide bonds. The molecule has 0 aliphatic rings. The van der Waals surface area contributed by atoms with Gasteiger partial charge in [-0.1, -0.05) is 19.1 Å². The number of hydrogen-bond acceptors (Lipinski definition) is 2. The predicted molar refractivity (Wildman–Crippen MR) is 51.3 cm³/mol. The molecule has 5 heteroatoms. The van der Waals surface area contributed by atoms with Crippen LogP contribution in [0.1, 0.15) is 25.0 Å². The lowest BCUT2D eigenvalue weighted by Gasteiger charge is -2.12. The number of benzene rings is 1. The quantitative estimate of drug-likeness (QED) is 0.789. The summed E-state index contributed by atoms with van der Waals surface area (Å²) in [6, 6.07) is 5.66. The first-order valence-electron chi connectivity index (χ1n) is 4.17. The minimum absolute atomic E-state index is 0.339. The molecule has 0 bridgehead atoms. The lowest BCUT2D eigenvalue weighted by Crippen LogP contribution is -2.05. The van der Waals surface area contributed by atoms with Gasteiger partial charge >= 0.3 is 11.4 Å². The zero-order valence-corrected chi connectivity index (χ0v) is 8.46. The van der Waals surface area contributed by atoms with Gasteiger partial charge in [0, 0.05) is 0 Å². The van der Waals surface area contributed by atoms with Gasteiger partial charge in [-0.25, -0.2) is 4.39 Å². The van der Waals surface area contributed by atoms with Crippen molar-refractivity contribution in [2.24, 2.45) is 0 Å². The molecule has 0 saturated heterocycles. The first kappa shape index (κ1) is 11.3. The predicted octanol–water partition coefficient (Wildman–Crippen LogP) is 2.43. The molecule has 0 fully saturated rings. The van der Waals surface area contributed by atoms with Crippen molar-refractivity contribution in [3.8, 4) is 0 Å². The molecule has 0 aliphatic heterocycles. The Morgan fingerprint density at radius 1 is 1.50 bits per heavy atom. The molecule has 0 heterocycles. The molecule has 1 aromatic rings. The topological polar surface area (TPSA) is 46.5 Å². The molecule has 2 atom stereocenters. The van der Waals surface area contributed by atoms with Gasteiger partial charge in [0.1, 0.15) is 11.9 Å². The summed E-state index contributed by atoms with van der Waals surface area (Å²) in [5.41, 5.74) is 0.691. The van der Waals surface area contributed by atoms with Crippen LogP contribution in [0.25, 0.3) is 0 Å². The average molecular weight is 218 g/mol. The van der Waals surface area contributed by atoms with Gasteiger partial charge in [-0.15, -0.1) is 0 Å². The van der Waals surface area contributed by atoms with Gasteiger partial charge in [0.2, 0.25) is 0 Å². The molecular formula is C9H11FO3S. The SMILES string of the molecule is CCC(OS(=O)O)c1ccc(F)cc1. The van der Waals surface area contributed by atoms with Crippen LogP contribution in [0.4, 0.5) is 4.39 Å². The van der Waals surface area contributed by atoms with E-state index in [0.717, 1.165) is 0 Å². The highest BCUT2D eigenvalue weighted by Crippen LogP contribution is 2.21. The summed E-state index contributed by atoms with van der Waals surface area (Å²) < 4.78 is 36.3. The highest BCUT2D eigenvalue weighted by Gasteiger charge is 2.12. The highest BCUT2D eigenvalue weighted by molar-refractivity contribution is 7.74. The third kappa shape index (κ3) is 3.17. The Labute approximate surface area is 84.4 Å². The fourth-order valence-corrected chi connectivity index (χ4v) is 1.58. The Kier molecular flexibility index (Phi) is 4.19. The minimum atomic E-state index is -2.30. The van der Waals surface area contributed by atoms with Gasteiger partial charge in [0.15, 0.2) is 0 Å². The molecule has 0 radical (unpaired) electrons. The zero-order valence-electron chi connectivity index (χ0n) is 7.64. The maximum Gasteiger partial charge on any atom is 0.302 e. The van der Waals surface area contributed by atoms with Crippen LogP contribution < -0.4 is 0 Å². The van der Waals surface area contributed by atoms with Crippen LogP contribution >= 0.6 is 0 Å². The van der Waals surface area contributed by atoms with E-state index in [2.05, 4.69) is 0 Å². The summed E-state index contributed by atoms with van der Waals surface area (Å²) in [7, 11) is 0. The smallest absolute Gasteiger partial charge is 0.284 e. The van der Waals surface area contributed by atoms with Gasteiger partial charge in [0.25, 0.3) is 0 Å². The van der Waals surface area contributed by atoms with Crippen LogP contribution in [0.2, 0.25) is 0 Å². The Hall–Kier alpha value is -0.780. The summed E-state index contributed by atoms with van der Waals surface area (Å²) in [4.78, 5) is 0. The van der Waals surface area contributed by atoms with Crippen LogP contribution in [-0.4, -0.2) is 8.76 Å². The molecule has 78 valence electrons. The molecule has 0 aromatic heterocycles. The molecule has 0 aliphatic carbocycles. The Morgan fingerprint density at radius 2 is 2.07 bits per heavy atom. The molecule has 3 nitrogen and oxygen atoms in total. The molecule has 1 aromatic carbocycles. The first-order valence-corrected chi connectivity index (χ1v) is 5.20. The zero-order chi connectivity index (χ0) is 10.6. The number of rotatable bonds is 4. The molecule has 14 heavy (non-hydrogen) atoms. The van der Waals surface area contributed by atoms with Crippen molar-refractivity contribution in [3.63, 3.8) is 0 Å². The highest BCUT2D eigenvalue weighted by atomic mass is 32.2. The summed E-state index contributed by atoms with van der Waals surface area (Å²) in [6.07, 6.45) is 0.0826. The molecule has 0 saturated carbocycles. The average Bonchev–Trinajstić information content (AvgIpc) is 2.15. The van der Waals surface area contributed by atoms with Crippen molar-refractivity contribution < 1.29 is 17.3 Å². The fraction of sp³-hybridized carbons (Fsp3) is 0.333. The van der Waals surface area contributed by atoms with Crippen LogP contribution in [0.5, 0.6) is 0 Å². The first-order chi connectivity index (χ1) is 6.63. The van der Waals surface area contributed by atoms with Crippen molar-refractivity contribution in [1.29, 1.82) is 0 Å². The van der Waals surface area contributed by atoms with E-state index in [1.54, 1.807) is 0 Å².